The van der Waals surface area contributed by atoms with E-state index in [1.54, 1.807) is 0 Å². The second-order valence-electron chi connectivity index (χ2n) is 8.57. The molecule has 1 N–H and O–H groups in total. The molecular weight excluding hydrogens is 296 g/mol. The lowest BCUT2D eigenvalue weighted by Crippen LogP contribution is -2.06. The molecule has 1 atom stereocenters. The second kappa shape index (κ2) is 16.0. The van der Waals surface area contributed by atoms with Crippen LogP contribution in [0.25, 0.3) is 0 Å². The zero-order valence-electron chi connectivity index (χ0n) is 17.0. The van der Waals surface area contributed by atoms with Gasteiger partial charge in [-0.25, -0.2) is 0 Å². The minimum Gasteiger partial charge on any atom is -0.481 e. The molecule has 24 heavy (non-hydrogen) atoms. The van der Waals surface area contributed by atoms with Gasteiger partial charge in [-0.05, 0) is 24.2 Å². The molecular formula is C22H44O2. The average Bonchev–Trinajstić information content (AvgIpc) is 2.50. The minimum absolute atomic E-state index is 0.346. The normalized spacial score (nSPS) is 12.9. The highest BCUT2D eigenvalue weighted by atomic mass is 16.4. The van der Waals surface area contributed by atoms with Gasteiger partial charge in [0, 0.05) is 6.42 Å². The summed E-state index contributed by atoms with van der Waals surface area (Å²) in [7, 11) is 0. The second-order valence-corrected chi connectivity index (χ2v) is 8.57. The molecule has 0 saturated heterocycles. The van der Waals surface area contributed by atoms with Crippen molar-refractivity contribution in [3.63, 3.8) is 0 Å². The number of hydrogen-bond donors (Lipinski definition) is 1. The van der Waals surface area contributed by atoms with Crippen molar-refractivity contribution in [2.45, 2.75) is 118 Å². The number of unbranched alkanes of at least 4 members (excludes halogenated alkanes) is 7. The Bertz CT molecular complexity index is 284. The summed E-state index contributed by atoms with van der Waals surface area (Å²) >= 11 is 0. The first-order chi connectivity index (χ1) is 11.4. The first-order valence-electron chi connectivity index (χ1n) is 10.6. The van der Waals surface area contributed by atoms with E-state index in [0.29, 0.717) is 12.3 Å². The highest BCUT2D eigenvalue weighted by Crippen LogP contribution is 2.23. The molecule has 144 valence electrons. The van der Waals surface area contributed by atoms with Gasteiger partial charge in [0.2, 0.25) is 0 Å². The minimum atomic E-state index is -0.637. The molecule has 0 aromatic heterocycles. The topological polar surface area (TPSA) is 37.3 Å². The summed E-state index contributed by atoms with van der Waals surface area (Å²) in [4.78, 5) is 10.8. The third-order valence-electron chi connectivity index (χ3n) is 5.06. The molecule has 0 saturated carbocycles. The van der Waals surface area contributed by atoms with Crippen molar-refractivity contribution in [2.75, 3.05) is 0 Å². The summed E-state index contributed by atoms with van der Waals surface area (Å²) in [6.07, 6.45) is 17.3. The smallest absolute Gasteiger partial charge is 0.303 e. The summed E-state index contributed by atoms with van der Waals surface area (Å²) in [5.41, 5.74) is 0. The molecule has 2 nitrogen and oxygen atoms in total. The maximum Gasteiger partial charge on any atom is 0.303 e. The maximum atomic E-state index is 10.8. The number of hydrogen-bond acceptors (Lipinski definition) is 1. The molecule has 0 aromatic carbocycles. The van der Waals surface area contributed by atoms with Crippen LogP contribution in [-0.4, -0.2) is 11.1 Å². The third kappa shape index (κ3) is 17.8. The summed E-state index contributed by atoms with van der Waals surface area (Å²) in [6, 6.07) is 0. The molecule has 0 fully saturated rings. The van der Waals surface area contributed by atoms with Crippen molar-refractivity contribution >= 4 is 5.97 Å². The molecule has 0 bridgehead atoms. The molecule has 0 radical (unpaired) electrons. The van der Waals surface area contributed by atoms with E-state index < -0.39 is 5.97 Å². The van der Waals surface area contributed by atoms with Crippen LogP contribution in [0.4, 0.5) is 0 Å². The van der Waals surface area contributed by atoms with Crippen LogP contribution in [0.5, 0.6) is 0 Å². The first-order valence-corrected chi connectivity index (χ1v) is 10.6. The highest BCUT2D eigenvalue weighted by Gasteiger charge is 2.11. The molecule has 0 amide bonds. The summed E-state index contributed by atoms with van der Waals surface area (Å²) < 4.78 is 0. The van der Waals surface area contributed by atoms with E-state index in [0.717, 1.165) is 18.3 Å². The fraction of sp³-hybridized carbons (Fsp3) is 0.955. The average molecular weight is 341 g/mol. The Morgan fingerprint density at radius 2 is 1.08 bits per heavy atom. The first kappa shape index (κ1) is 23.5. The van der Waals surface area contributed by atoms with E-state index in [9.17, 15) is 4.79 Å². The van der Waals surface area contributed by atoms with Gasteiger partial charge in [-0.2, -0.15) is 0 Å². The zero-order valence-corrected chi connectivity index (χ0v) is 17.0. The van der Waals surface area contributed by atoms with Crippen LogP contribution in [0.15, 0.2) is 0 Å². The summed E-state index contributed by atoms with van der Waals surface area (Å²) in [6.45, 7) is 9.14. The van der Waals surface area contributed by atoms with Crippen molar-refractivity contribution in [3.05, 3.63) is 0 Å². The van der Waals surface area contributed by atoms with Crippen molar-refractivity contribution in [1.29, 1.82) is 0 Å². The van der Waals surface area contributed by atoms with Crippen molar-refractivity contribution in [2.24, 2.45) is 17.8 Å². The predicted molar refractivity (Wildman–Crippen MR) is 105 cm³/mol. The largest absolute Gasteiger partial charge is 0.481 e. The summed E-state index contributed by atoms with van der Waals surface area (Å²) in [5, 5.41) is 8.90. The molecule has 0 aliphatic heterocycles. The Kier molecular flexibility index (Phi) is 15.6. The number of aliphatic carboxylic acids is 1. The molecule has 0 rings (SSSR count). The van der Waals surface area contributed by atoms with Gasteiger partial charge in [0.15, 0.2) is 0 Å². The van der Waals surface area contributed by atoms with E-state index in [1.807, 2.05) is 0 Å². The quantitative estimate of drug-likeness (QED) is 0.279. The Morgan fingerprint density at radius 1 is 0.625 bits per heavy atom. The molecule has 0 spiro atoms. The number of carboxylic acids is 1. The number of rotatable bonds is 17. The maximum absolute atomic E-state index is 10.8. The lowest BCUT2D eigenvalue weighted by molar-refractivity contribution is -0.137. The van der Waals surface area contributed by atoms with Gasteiger partial charge in [-0.1, -0.05) is 105 Å². The lowest BCUT2D eigenvalue weighted by Gasteiger charge is -2.17. The Balaban J connectivity index is 3.58. The highest BCUT2D eigenvalue weighted by molar-refractivity contribution is 5.66. The Hall–Kier alpha value is -0.530. The van der Waals surface area contributed by atoms with Crippen LogP contribution in [0.2, 0.25) is 0 Å². The van der Waals surface area contributed by atoms with Crippen LogP contribution in [-0.2, 0) is 4.79 Å². The van der Waals surface area contributed by atoms with E-state index in [1.165, 1.54) is 77.0 Å². The third-order valence-corrected chi connectivity index (χ3v) is 5.06. The van der Waals surface area contributed by atoms with Gasteiger partial charge in [0.1, 0.15) is 0 Å². The van der Waals surface area contributed by atoms with Crippen molar-refractivity contribution in [3.8, 4) is 0 Å². The molecule has 0 aliphatic carbocycles. The molecule has 0 aromatic rings. The molecule has 0 aliphatic rings. The van der Waals surface area contributed by atoms with E-state index in [4.69, 9.17) is 5.11 Å². The van der Waals surface area contributed by atoms with E-state index in [2.05, 4.69) is 27.7 Å². The zero-order chi connectivity index (χ0) is 18.2. The van der Waals surface area contributed by atoms with Crippen LogP contribution >= 0.6 is 0 Å². The van der Waals surface area contributed by atoms with Crippen molar-refractivity contribution < 1.29 is 9.90 Å². The van der Waals surface area contributed by atoms with Gasteiger partial charge in [0.05, 0.1) is 0 Å². The van der Waals surface area contributed by atoms with Gasteiger partial charge in [-0.15, -0.1) is 0 Å². The SMILES string of the molecule is CC(C)CCCCCCCCCCC(CCC(=O)O)CCC(C)C. The van der Waals surface area contributed by atoms with Crippen LogP contribution in [0, 0.1) is 17.8 Å². The predicted octanol–water partition coefficient (Wildman–Crippen LogP) is 7.46. The van der Waals surface area contributed by atoms with Crippen LogP contribution in [0.3, 0.4) is 0 Å². The molecule has 0 heterocycles. The van der Waals surface area contributed by atoms with Gasteiger partial charge >= 0.3 is 5.97 Å². The standard InChI is InChI=1S/C22H44O2/c1-19(2)13-11-9-7-5-6-8-10-12-14-21(16-15-20(3)4)17-18-22(23)24/h19-21H,5-18H2,1-4H3,(H,23,24). The van der Waals surface area contributed by atoms with Gasteiger partial charge in [0.25, 0.3) is 0 Å². The fourth-order valence-corrected chi connectivity index (χ4v) is 3.38. The number of carboxylic acid groups (broad SMARTS) is 1. The lowest BCUT2D eigenvalue weighted by atomic mass is 9.89. The Labute approximate surface area is 151 Å². The molecule has 2 heteroatoms. The van der Waals surface area contributed by atoms with Crippen molar-refractivity contribution in [1.82, 2.24) is 0 Å². The van der Waals surface area contributed by atoms with Crippen LogP contribution < -0.4 is 0 Å². The molecule has 1 unspecified atom stereocenters. The van der Waals surface area contributed by atoms with Gasteiger partial charge < -0.3 is 5.11 Å². The monoisotopic (exact) mass is 340 g/mol. The van der Waals surface area contributed by atoms with Crippen LogP contribution in [0.1, 0.15) is 118 Å². The van der Waals surface area contributed by atoms with E-state index in [-0.39, 0.29) is 0 Å². The van der Waals surface area contributed by atoms with Gasteiger partial charge in [-0.3, -0.25) is 4.79 Å². The van der Waals surface area contributed by atoms with E-state index >= 15 is 0 Å². The fourth-order valence-electron chi connectivity index (χ4n) is 3.38. The number of carbonyl (C=O) groups is 1. The Morgan fingerprint density at radius 3 is 1.54 bits per heavy atom. The summed E-state index contributed by atoms with van der Waals surface area (Å²) in [5.74, 6) is 1.57.